The Bertz CT molecular complexity index is 974. The highest BCUT2D eigenvalue weighted by Gasteiger charge is 2.29. The maximum absolute atomic E-state index is 12.4. The lowest BCUT2D eigenvalue weighted by atomic mass is 9.88. The van der Waals surface area contributed by atoms with E-state index in [0.717, 1.165) is 0 Å². The van der Waals surface area contributed by atoms with Crippen LogP contribution >= 0.6 is 0 Å². The number of hydrogen-bond donors (Lipinski definition) is 3. The fraction of sp³-hybridized carbons (Fsp3) is 0.444. The first-order valence-electron chi connectivity index (χ1n) is 11.9. The molecule has 7 heteroatoms. The second-order valence-corrected chi connectivity index (χ2v) is 9.21. The first-order valence-corrected chi connectivity index (χ1v) is 11.9. The van der Waals surface area contributed by atoms with Crippen LogP contribution in [0.4, 0.5) is 4.79 Å². The number of amides is 2. The van der Waals surface area contributed by atoms with E-state index in [9.17, 15) is 14.4 Å². The van der Waals surface area contributed by atoms with E-state index in [1.54, 1.807) is 0 Å². The molecular formula is C27H34N2O5. The van der Waals surface area contributed by atoms with Gasteiger partial charge in [0.1, 0.15) is 12.6 Å². The van der Waals surface area contributed by atoms with Gasteiger partial charge in [0.15, 0.2) is 0 Å². The van der Waals surface area contributed by atoms with Crippen LogP contribution in [0.2, 0.25) is 0 Å². The third-order valence-electron chi connectivity index (χ3n) is 6.56. The molecule has 0 saturated carbocycles. The molecule has 0 spiro atoms. The molecule has 2 amide bonds. The van der Waals surface area contributed by atoms with Crippen LogP contribution in [0.15, 0.2) is 48.5 Å². The van der Waals surface area contributed by atoms with Crippen molar-refractivity contribution in [2.45, 2.75) is 52.0 Å². The van der Waals surface area contributed by atoms with Crippen LogP contribution in [0.25, 0.3) is 11.1 Å². The van der Waals surface area contributed by atoms with Crippen LogP contribution < -0.4 is 10.6 Å². The van der Waals surface area contributed by atoms with Gasteiger partial charge in [-0.2, -0.15) is 0 Å². The molecule has 1 aliphatic rings. The van der Waals surface area contributed by atoms with Gasteiger partial charge in [0, 0.05) is 18.9 Å². The molecule has 2 aromatic rings. The minimum atomic E-state index is -1.05. The number of benzene rings is 2. The number of alkyl carbamates (subject to hydrolysis) is 1. The van der Waals surface area contributed by atoms with E-state index in [0.29, 0.717) is 25.3 Å². The molecule has 0 bridgehead atoms. The quantitative estimate of drug-likeness (QED) is 0.450. The number of carboxylic acid groups (broad SMARTS) is 1. The van der Waals surface area contributed by atoms with E-state index in [-0.39, 0.29) is 30.8 Å². The Hall–Kier alpha value is -3.35. The summed E-state index contributed by atoms with van der Waals surface area (Å²) in [6.07, 6.45) is 1.15. The molecule has 3 rings (SSSR count). The molecule has 0 heterocycles. The fourth-order valence-electron chi connectivity index (χ4n) is 4.51. The summed E-state index contributed by atoms with van der Waals surface area (Å²) in [5, 5.41) is 14.2. The average molecular weight is 467 g/mol. The lowest BCUT2D eigenvalue weighted by Crippen LogP contribution is -2.38. The Balaban J connectivity index is 1.45. The Morgan fingerprint density at radius 2 is 1.53 bits per heavy atom. The van der Waals surface area contributed by atoms with Crippen molar-refractivity contribution in [3.05, 3.63) is 59.7 Å². The molecule has 2 aromatic carbocycles. The van der Waals surface area contributed by atoms with Gasteiger partial charge < -0.3 is 20.5 Å². The van der Waals surface area contributed by atoms with Crippen molar-refractivity contribution in [3.63, 3.8) is 0 Å². The fourth-order valence-corrected chi connectivity index (χ4v) is 4.51. The van der Waals surface area contributed by atoms with Crippen LogP contribution in [0.3, 0.4) is 0 Å². The maximum Gasteiger partial charge on any atom is 0.407 e. The van der Waals surface area contributed by atoms with E-state index >= 15 is 0 Å². The molecule has 7 nitrogen and oxygen atoms in total. The van der Waals surface area contributed by atoms with Gasteiger partial charge >= 0.3 is 12.1 Å². The number of carbonyl (C=O) groups is 3. The third kappa shape index (κ3) is 6.37. The lowest BCUT2D eigenvalue weighted by molar-refractivity contribution is -0.141. The summed E-state index contributed by atoms with van der Waals surface area (Å²) in [4.78, 5) is 35.2. The molecule has 0 fully saturated rings. The maximum atomic E-state index is 12.4. The Labute approximate surface area is 200 Å². The first kappa shape index (κ1) is 25.3. The highest BCUT2D eigenvalue weighted by atomic mass is 16.5. The molecule has 0 aliphatic heterocycles. The standard InChI is InChI=1S/C27H34N2O5/c1-17(2)19(12-13-25(30)29-18(3)26(31)32)14-15-28-27(33)34-16-24-22-10-6-4-8-20(22)21-9-5-7-11-23(21)24/h4-11,17-19,24H,12-16H2,1-3H3,(H,28,33)(H,29,30)(H,31,32)/t18-,19?/m1/s1. The Kier molecular flexibility index (Phi) is 8.68. The molecule has 3 N–H and O–H groups in total. The highest BCUT2D eigenvalue weighted by Crippen LogP contribution is 2.44. The number of hydrogen-bond acceptors (Lipinski definition) is 4. The van der Waals surface area contributed by atoms with Crippen molar-refractivity contribution < 1.29 is 24.2 Å². The van der Waals surface area contributed by atoms with E-state index in [2.05, 4.69) is 48.7 Å². The average Bonchev–Trinajstić information content (AvgIpc) is 3.13. The zero-order valence-electron chi connectivity index (χ0n) is 20.0. The zero-order valence-corrected chi connectivity index (χ0v) is 20.0. The highest BCUT2D eigenvalue weighted by molar-refractivity contribution is 5.83. The summed E-state index contributed by atoms with van der Waals surface area (Å²) in [7, 11) is 0. The van der Waals surface area contributed by atoms with E-state index in [1.807, 2.05) is 24.3 Å². The number of aliphatic carboxylic acids is 1. The predicted octanol–water partition coefficient (Wildman–Crippen LogP) is 4.56. The predicted molar refractivity (Wildman–Crippen MR) is 130 cm³/mol. The second-order valence-electron chi connectivity index (χ2n) is 9.21. The van der Waals surface area contributed by atoms with Gasteiger partial charge in [0.2, 0.25) is 5.91 Å². The van der Waals surface area contributed by atoms with Crippen molar-refractivity contribution in [2.24, 2.45) is 11.8 Å². The van der Waals surface area contributed by atoms with Crippen molar-refractivity contribution >= 4 is 18.0 Å². The SMILES string of the molecule is CC(C)C(CCNC(=O)OCC1c2ccccc2-c2ccccc21)CCC(=O)N[C@H](C)C(=O)O. The summed E-state index contributed by atoms with van der Waals surface area (Å²) in [5.41, 5.74) is 4.72. The molecule has 1 unspecified atom stereocenters. The van der Waals surface area contributed by atoms with Crippen molar-refractivity contribution in [3.8, 4) is 11.1 Å². The number of carboxylic acids is 1. The Morgan fingerprint density at radius 3 is 2.09 bits per heavy atom. The van der Waals surface area contributed by atoms with Gasteiger partial charge in [-0.15, -0.1) is 0 Å². The van der Waals surface area contributed by atoms with Gasteiger partial charge in [-0.3, -0.25) is 9.59 Å². The van der Waals surface area contributed by atoms with Crippen LogP contribution in [0.5, 0.6) is 0 Å². The van der Waals surface area contributed by atoms with Gasteiger partial charge in [0.25, 0.3) is 0 Å². The Morgan fingerprint density at radius 1 is 0.941 bits per heavy atom. The smallest absolute Gasteiger partial charge is 0.407 e. The molecule has 0 saturated heterocycles. The molecule has 182 valence electrons. The van der Waals surface area contributed by atoms with Crippen molar-refractivity contribution in [2.75, 3.05) is 13.2 Å². The number of carbonyl (C=O) groups excluding carboxylic acids is 2. The van der Waals surface area contributed by atoms with Crippen molar-refractivity contribution in [1.29, 1.82) is 0 Å². The lowest BCUT2D eigenvalue weighted by Gasteiger charge is -2.21. The van der Waals surface area contributed by atoms with E-state index in [1.165, 1.54) is 29.2 Å². The summed E-state index contributed by atoms with van der Waals surface area (Å²) in [5.74, 6) is -0.756. The second kappa shape index (κ2) is 11.7. The van der Waals surface area contributed by atoms with E-state index in [4.69, 9.17) is 9.84 Å². The summed E-state index contributed by atoms with van der Waals surface area (Å²) in [6, 6.07) is 15.5. The van der Waals surface area contributed by atoms with E-state index < -0.39 is 18.1 Å². The largest absolute Gasteiger partial charge is 0.480 e. The molecule has 34 heavy (non-hydrogen) atoms. The summed E-state index contributed by atoms with van der Waals surface area (Å²) >= 11 is 0. The molecule has 0 radical (unpaired) electrons. The summed E-state index contributed by atoms with van der Waals surface area (Å²) in [6.45, 7) is 6.33. The van der Waals surface area contributed by atoms with Crippen LogP contribution in [0.1, 0.15) is 57.1 Å². The minimum Gasteiger partial charge on any atom is -0.480 e. The van der Waals surface area contributed by atoms with Crippen LogP contribution in [-0.2, 0) is 14.3 Å². The molecule has 0 aromatic heterocycles. The van der Waals surface area contributed by atoms with Gasteiger partial charge in [-0.25, -0.2) is 4.79 Å². The molecule has 2 atom stereocenters. The topological polar surface area (TPSA) is 105 Å². The zero-order chi connectivity index (χ0) is 24.7. The first-order chi connectivity index (χ1) is 16.3. The van der Waals surface area contributed by atoms with Gasteiger partial charge in [0.05, 0.1) is 0 Å². The minimum absolute atomic E-state index is 0.0215. The number of ether oxygens (including phenoxy) is 1. The van der Waals surface area contributed by atoms with Crippen molar-refractivity contribution in [1.82, 2.24) is 10.6 Å². The molecular weight excluding hydrogens is 432 g/mol. The van der Waals surface area contributed by atoms with Gasteiger partial charge in [-0.05, 0) is 53.9 Å². The molecule has 1 aliphatic carbocycles. The number of rotatable bonds is 11. The number of fused-ring (bicyclic) bond motifs is 3. The van der Waals surface area contributed by atoms with Crippen LogP contribution in [-0.4, -0.2) is 42.3 Å². The third-order valence-corrected chi connectivity index (χ3v) is 6.56. The monoisotopic (exact) mass is 466 g/mol. The normalized spacial score (nSPS) is 14.1. The summed E-state index contributed by atoms with van der Waals surface area (Å²) < 4.78 is 5.58. The number of nitrogens with one attached hydrogen (secondary N) is 2. The van der Waals surface area contributed by atoms with Gasteiger partial charge in [-0.1, -0.05) is 62.4 Å². The van der Waals surface area contributed by atoms with Crippen LogP contribution in [0, 0.1) is 11.8 Å².